The first-order valence-electron chi connectivity index (χ1n) is 6.97. The summed E-state index contributed by atoms with van der Waals surface area (Å²) in [6.45, 7) is 8.39. The van der Waals surface area contributed by atoms with Crippen molar-refractivity contribution < 1.29 is 4.92 Å². The van der Waals surface area contributed by atoms with Crippen molar-refractivity contribution in [3.05, 3.63) is 38.3 Å². The quantitative estimate of drug-likeness (QED) is 0.610. The molecule has 1 aliphatic heterocycles. The minimum absolute atomic E-state index is 0.145. The number of nitrogens with zero attached hydrogens (tertiary/aromatic N) is 3. The molecule has 0 bridgehead atoms. The number of nitro benzene ring substituents is 1. The highest BCUT2D eigenvalue weighted by atomic mass is 79.9. The van der Waals surface area contributed by atoms with Gasteiger partial charge >= 0.3 is 0 Å². The van der Waals surface area contributed by atoms with Crippen molar-refractivity contribution in [3.8, 4) is 0 Å². The SMILES string of the molecule is CCCN1CCN(Cc2ccc(Br)c([N+](=O)[O-])c2)CC1. The van der Waals surface area contributed by atoms with Crippen molar-refractivity contribution >= 4 is 21.6 Å². The molecule has 5 nitrogen and oxygen atoms in total. The Morgan fingerprint density at radius 2 is 1.90 bits per heavy atom. The summed E-state index contributed by atoms with van der Waals surface area (Å²) in [5, 5.41) is 10.9. The zero-order chi connectivity index (χ0) is 14.5. The van der Waals surface area contributed by atoms with Gasteiger partial charge in [0.1, 0.15) is 0 Å². The lowest BCUT2D eigenvalue weighted by Gasteiger charge is -2.34. The Labute approximate surface area is 127 Å². The maximum atomic E-state index is 10.9. The molecule has 6 heteroatoms. The van der Waals surface area contributed by atoms with Crippen LogP contribution in [0.25, 0.3) is 0 Å². The Bertz CT molecular complexity index is 473. The van der Waals surface area contributed by atoms with Crippen LogP contribution >= 0.6 is 15.9 Å². The van der Waals surface area contributed by atoms with E-state index in [9.17, 15) is 10.1 Å². The van der Waals surface area contributed by atoms with E-state index in [-0.39, 0.29) is 10.6 Å². The number of hydrogen-bond acceptors (Lipinski definition) is 4. The minimum atomic E-state index is -0.341. The molecule has 1 fully saturated rings. The highest BCUT2D eigenvalue weighted by Crippen LogP contribution is 2.26. The number of rotatable bonds is 5. The minimum Gasteiger partial charge on any atom is -0.301 e. The molecule has 0 saturated carbocycles. The molecular weight excluding hydrogens is 322 g/mol. The number of benzene rings is 1. The summed E-state index contributed by atoms with van der Waals surface area (Å²) in [6, 6.07) is 5.39. The van der Waals surface area contributed by atoms with Crippen molar-refractivity contribution in [1.82, 2.24) is 9.80 Å². The smallest absolute Gasteiger partial charge is 0.283 e. The van der Waals surface area contributed by atoms with Crippen molar-refractivity contribution in [2.45, 2.75) is 19.9 Å². The van der Waals surface area contributed by atoms with Gasteiger partial charge in [0, 0.05) is 38.8 Å². The van der Waals surface area contributed by atoms with E-state index in [0.29, 0.717) is 4.47 Å². The van der Waals surface area contributed by atoms with Crippen LogP contribution < -0.4 is 0 Å². The zero-order valence-electron chi connectivity index (χ0n) is 11.7. The van der Waals surface area contributed by atoms with Crippen LogP contribution in [0.4, 0.5) is 5.69 Å². The second-order valence-corrected chi connectivity index (χ2v) is 6.01. The van der Waals surface area contributed by atoms with Crippen LogP contribution in [0.3, 0.4) is 0 Å². The number of nitro groups is 1. The summed E-state index contributed by atoms with van der Waals surface area (Å²) < 4.78 is 0.541. The molecule has 2 rings (SSSR count). The lowest BCUT2D eigenvalue weighted by atomic mass is 10.1. The van der Waals surface area contributed by atoms with Crippen LogP contribution in [0.1, 0.15) is 18.9 Å². The summed E-state index contributed by atoms with van der Waals surface area (Å²) in [5.74, 6) is 0. The molecule has 0 aliphatic carbocycles. The Morgan fingerprint density at radius 1 is 1.25 bits per heavy atom. The fourth-order valence-corrected chi connectivity index (χ4v) is 2.93. The Balaban J connectivity index is 1.94. The van der Waals surface area contributed by atoms with Gasteiger partial charge in [0.2, 0.25) is 0 Å². The standard InChI is InChI=1S/C14H20BrN3O2/c1-2-5-16-6-8-17(9-7-16)11-12-3-4-13(15)14(10-12)18(19)20/h3-4,10H,2,5-9,11H2,1H3. The molecule has 1 saturated heterocycles. The monoisotopic (exact) mass is 341 g/mol. The van der Waals surface area contributed by atoms with E-state index < -0.39 is 0 Å². The van der Waals surface area contributed by atoms with Crippen LogP contribution in [0.15, 0.2) is 22.7 Å². The van der Waals surface area contributed by atoms with Gasteiger partial charge < -0.3 is 4.90 Å². The van der Waals surface area contributed by atoms with Crippen LogP contribution in [-0.2, 0) is 6.54 Å². The van der Waals surface area contributed by atoms with Gasteiger partial charge in [0.25, 0.3) is 5.69 Å². The number of piperazine rings is 1. The fraction of sp³-hybridized carbons (Fsp3) is 0.571. The molecule has 1 heterocycles. The molecule has 1 aromatic carbocycles. The second-order valence-electron chi connectivity index (χ2n) is 5.16. The van der Waals surface area contributed by atoms with E-state index in [1.54, 1.807) is 12.1 Å². The Hall–Kier alpha value is -0.980. The van der Waals surface area contributed by atoms with Gasteiger partial charge in [0.05, 0.1) is 9.40 Å². The Kier molecular flexibility index (Phi) is 5.51. The van der Waals surface area contributed by atoms with Crippen molar-refractivity contribution in [3.63, 3.8) is 0 Å². The molecule has 0 aromatic heterocycles. The average molecular weight is 342 g/mol. The van der Waals surface area contributed by atoms with Gasteiger partial charge in [-0.1, -0.05) is 13.0 Å². The van der Waals surface area contributed by atoms with Gasteiger partial charge in [-0.15, -0.1) is 0 Å². The van der Waals surface area contributed by atoms with Gasteiger partial charge in [-0.3, -0.25) is 15.0 Å². The van der Waals surface area contributed by atoms with Crippen LogP contribution in [0.5, 0.6) is 0 Å². The van der Waals surface area contributed by atoms with E-state index >= 15 is 0 Å². The molecule has 0 spiro atoms. The molecule has 1 aliphatic rings. The molecule has 0 amide bonds. The lowest BCUT2D eigenvalue weighted by molar-refractivity contribution is -0.385. The van der Waals surface area contributed by atoms with E-state index in [4.69, 9.17) is 0 Å². The largest absolute Gasteiger partial charge is 0.301 e. The summed E-state index contributed by atoms with van der Waals surface area (Å²) in [4.78, 5) is 15.4. The van der Waals surface area contributed by atoms with Crippen LogP contribution in [-0.4, -0.2) is 47.4 Å². The molecule has 0 atom stereocenters. The summed E-state index contributed by atoms with van der Waals surface area (Å²) in [7, 11) is 0. The van der Waals surface area contributed by atoms with Crippen molar-refractivity contribution in [1.29, 1.82) is 0 Å². The maximum absolute atomic E-state index is 10.9. The molecular formula is C14H20BrN3O2. The van der Waals surface area contributed by atoms with Crippen LogP contribution in [0.2, 0.25) is 0 Å². The third-order valence-corrected chi connectivity index (χ3v) is 4.29. The van der Waals surface area contributed by atoms with E-state index in [1.807, 2.05) is 6.07 Å². The van der Waals surface area contributed by atoms with Crippen molar-refractivity contribution in [2.24, 2.45) is 0 Å². The highest BCUT2D eigenvalue weighted by molar-refractivity contribution is 9.10. The van der Waals surface area contributed by atoms with Crippen molar-refractivity contribution in [2.75, 3.05) is 32.7 Å². The molecule has 20 heavy (non-hydrogen) atoms. The predicted octanol–water partition coefficient (Wildman–Crippen LogP) is 2.88. The summed E-state index contributed by atoms with van der Waals surface area (Å²) >= 11 is 3.22. The first-order valence-corrected chi connectivity index (χ1v) is 7.77. The molecule has 110 valence electrons. The molecule has 1 aromatic rings. The van der Waals surface area contributed by atoms with Gasteiger partial charge in [-0.05, 0) is 40.5 Å². The van der Waals surface area contributed by atoms with Gasteiger partial charge in [0.15, 0.2) is 0 Å². The lowest BCUT2D eigenvalue weighted by Crippen LogP contribution is -2.45. The molecule has 0 N–H and O–H groups in total. The maximum Gasteiger partial charge on any atom is 0.283 e. The third-order valence-electron chi connectivity index (χ3n) is 3.62. The van der Waals surface area contributed by atoms with E-state index in [0.717, 1.165) is 44.8 Å². The normalized spacial score (nSPS) is 17.3. The molecule has 0 radical (unpaired) electrons. The first kappa shape index (κ1) is 15.4. The second kappa shape index (κ2) is 7.15. The fourth-order valence-electron chi connectivity index (χ4n) is 2.54. The summed E-state index contributed by atoms with van der Waals surface area (Å²) in [6.07, 6.45) is 1.19. The third kappa shape index (κ3) is 4.01. The topological polar surface area (TPSA) is 49.6 Å². The highest BCUT2D eigenvalue weighted by Gasteiger charge is 2.18. The summed E-state index contributed by atoms with van der Waals surface area (Å²) in [5.41, 5.74) is 1.15. The van der Waals surface area contributed by atoms with Gasteiger partial charge in [-0.2, -0.15) is 0 Å². The number of halogens is 1. The predicted molar refractivity (Wildman–Crippen MR) is 82.8 cm³/mol. The van der Waals surface area contributed by atoms with Crippen LogP contribution in [0, 0.1) is 10.1 Å². The average Bonchev–Trinajstić information content (AvgIpc) is 2.43. The van der Waals surface area contributed by atoms with E-state index in [1.165, 1.54) is 6.42 Å². The Morgan fingerprint density at radius 3 is 2.50 bits per heavy atom. The molecule has 0 unspecified atom stereocenters. The van der Waals surface area contributed by atoms with Gasteiger partial charge in [-0.25, -0.2) is 0 Å². The zero-order valence-corrected chi connectivity index (χ0v) is 13.3. The first-order chi connectivity index (χ1) is 9.60. The number of hydrogen-bond donors (Lipinski definition) is 0. The van der Waals surface area contributed by atoms with E-state index in [2.05, 4.69) is 32.7 Å².